The Morgan fingerprint density at radius 3 is 2.13 bits per heavy atom. The zero-order valence-corrected chi connectivity index (χ0v) is 20.1. The van der Waals surface area contributed by atoms with E-state index in [1.165, 1.54) is 57.8 Å². The molecule has 1 N–H and O–H groups in total. The Labute approximate surface area is 190 Å². The van der Waals surface area contributed by atoms with Gasteiger partial charge in [-0.1, -0.05) is 76.8 Å². The van der Waals surface area contributed by atoms with Crippen molar-refractivity contribution in [3.05, 3.63) is 24.3 Å². The summed E-state index contributed by atoms with van der Waals surface area (Å²) in [6.07, 6.45) is 12.9. The number of hydrogen-bond acceptors (Lipinski definition) is 5. The summed E-state index contributed by atoms with van der Waals surface area (Å²) in [5, 5.41) is 10.3. The number of aliphatic hydroxyl groups is 1. The molecule has 1 atom stereocenters. The molecule has 0 amide bonds. The quantitative estimate of drug-likeness (QED) is 0.345. The number of aliphatic hydroxyl groups excluding tert-OH is 1. The van der Waals surface area contributed by atoms with Crippen molar-refractivity contribution < 1.29 is 14.6 Å². The molecule has 0 saturated carbocycles. The summed E-state index contributed by atoms with van der Waals surface area (Å²) in [6, 6.07) is 8.19. The molecule has 1 aromatic carbocycles. The Kier molecular flexibility index (Phi) is 13.7. The zero-order valence-electron chi connectivity index (χ0n) is 20.1. The summed E-state index contributed by atoms with van der Waals surface area (Å²) < 4.78 is 11.2. The van der Waals surface area contributed by atoms with Crippen molar-refractivity contribution in [1.82, 2.24) is 4.90 Å². The number of benzene rings is 1. The summed E-state index contributed by atoms with van der Waals surface area (Å²) in [5.74, 6) is 0.927. The lowest BCUT2D eigenvalue weighted by atomic mass is 10.1. The Morgan fingerprint density at radius 2 is 1.48 bits per heavy atom. The number of rotatable bonds is 17. The van der Waals surface area contributed by atoms with E-state index in [9.17, 15) is 5.11 Å². The van der Waals surface area contributed by atoms with Crippen LogP contribution < -0.4 is 9.64 Å². The number of ether oxygens (including phenoxy) is 2. The fourth-order valence-electron chi connectivity index (χ4n) is 4.32. The van der Waals surface area contributed by atoms with Gasteiger partial charge in [-0.05, 0) is 18.6 Å². The molecule has 0 aromatic heterocycles. The fourth-order valence-corrected chi connectivity index (χ4v) is 4.32. The van der Waals surface area contributed by atoms with E-state index in [0.29, 0.717) is 13.2 Å². The van der Waals surface area contributed by atoms with Crippen LogP contribution in [0, 0.1) is 0 Å². The Hall–Kier alpha value is -1.30. The summed E-state index contributed by atoms with van der Waals surface area (Å²) in [5.41, 5.74) is 1.16. The van der Waals surface area contributed by atoms with Gasteiger partial charge in [0.2, 0.25) is 0 Å². The minimum absolute atomic E-state index is 0.402. The minimum Gasteiger partial charge on any atom is -0.495 e. The van der Waals surface area contributed by atoms with Gasteiger partial charge in [-0.15, -0.1) is 0 Å². The van der Waals surface area contributed by atoms with Crippen LogP contribution >= 0.6 is 0 Å². The molecule has 1 aliphatic rings. The smallest absolute Gasteiger partial charge is 0.142 e. The standard InChI is InChI=1S/C26H46N2O3/c1-3-4-5-6-7-8-9-10-11-14-21-31-23-24(29)22-27-17-19-28(20-18-27)25-15-12-13-16-26(25)30-2/h12-13,15-16,24,29H,3-11,14,17-23H2,1-2H3. The summed E-state index contributed by atoms with van der Waals surface area (Å²) in [7, 11) is 1.72. The molecule has 0 bridgehead atoms. The number of β-amino-alcohol motifs (C(OH)–C–C–N with tert-alkyl or cyclic N) is 1. The van der Waals surface area contributed by atoms with Crippen LogP contribution in [0.3, 0.4) is 0 Å². The van der Waals surface area contributed by atoms with Crippen molar-refractivity contribution in [2.75, 3.05) is 57.9 Å². The van der Waals surface area contributed by atoms with E-state index >= 15 is 0 Å². The first-order valence-electron chi connectivity index (χ1n) is 12.6. The molecule has 1 fully saturated rings. The number of methoxy groups -OCH3 is 1. The molecule has 0 aliphatic carbocycles. The molecule has 1 aliphatic heterocycles. The lowest BCUT2D eigenvalue weighted by Gasteiger charge is -2.37. The average molecular weight is 435 g/mol. The van der Waals surface area contributed by atoms with Crippen molar-refractivity contribution in [1.29, 1.82) is 0 Å². The average Bonchev–Trinajstić information content (AvgIpc) is 2.80. The Balaban J connectivity index is 1.45. The minimum atomic E-state index is -0.402. The van der Waals surface area contributed by atoms with Crippen molar-refractivity contribution in [3.63, 3.8) is 0 Å². The number of piperazine rings is 1. The first kappa shape index (κ1) is 26.0. The van der Waals surface area contributed by atoms with Crippen LogP contribution in [0.5, 0.6) is 5.75 Å². The molecular formula is C26H46N2O3. The van der Waals surface area contributed by atoms with E-state index in [0.717, 1.165) is 50.6 Å². The second-order valence-corrected chi connectivity index (χ2v) is 8.87. The van der Waals surface area contributed by atoms with Gasteiger partial charge in [-0.3, -0.25) is 4.90 Å². The lowest BCUT2D eigenvalue weighted by Crippen LogP contribution is -2.49. The molecule has 5 heteroatoms. The number of nitrogens with zero attached hydrogens (tertiary/aromatic N) is 2. The van der Waals surface area contributed by atoms with E-state index in [1.807, 2.05) is 12.1 Å². The van der Waals surface area contributed by atoms with Gasteiger partial charge >= 0.3 is 0 Å². The second-order valence-electron chi connectivity index (χ2n) is 8.87. The Morgan fingerprint density at radius 1 is 0.871 bits per heavy atom. The normalized spacial score (nSPS) is 15.9. The highest BCUT2D eigenvalue weighted by Gasteiger charge is 2.21. The lowest BCUT2D eigenvalue weighted by molar-refractivity contribution is 0.0146. The van der Waals surface area contributed by atoms with Gasteiger partial charge in [-0.2, -0.15) is 0 Å². The topological polar surface area (TPSA) is 45.2 Å². The predicted molar refractivity (Wildman–Crippen MR) is 130 cm³/mol. The van der Waals surface area contributed by atoms with Crippen LogP contribution in [-0.4, -0.2) is 69.2 Å². The van der Waals surface area contributed by atoms with Crippen LogP contribution in [0.4, 0.5) is 5.69 Å². The van der Waals surface area contributed by atoms with Gasteiger partial charge in [0.25, 0.3) is 0 Å². The highest BCUT2D eigenvalue weighted by atomic mass is 16.5. The molecule has 1 saturated heterocycles. The molecule has 5 nitrogen and oxygen atoms in total. The Bertz CT molecular complexity index is 561. The van der Waals surface area contributed by atoms with Crippen molar-refractivity contribution in [2.45, 2.75) is 77.2 Å². The van der Waals surface area contributed by atoms with E-state index in [1.54, 1.807) is 7.11 Å². The van der Waals surface area contributed by atoms with Gasteiger partial charge in [-0.25, -0.2) is 0 Å². The van der Waals surface area contributed by atoms with Gasteiger partial charge in [0.15, 0.2) is 0 Å². The van der Waals surface area contributed by atoms with E-state index < -0.39 is 6.10 Å². The zero-order chi connectivity index (χ0) is 22.2. The maximum absolute atomic E-state index is 10.3. The van der Waals surface area contributed by atoms with Gasteiger partial charge < -0.3 is 19.5 Å². The van der Waals surface area contributed by atoms with Crippen molar-refractivity contribution in [3.8, 4) is 5.75 Å². The number of para-hydroxylation sites is 2. The molecule has 1 unspecified atom stereocenters. The van der Waals surface area contributed by atoms with Gasteiger partial charge in [0.05, 0.1) is 25.5 Å². The molecule has 2 rings (SSSR count). The first-order valence-corrected chi connectivity index (χ1v) is 12.6. The number of unbranched alkanes of at least 4 members (excludes halogenated alkanes) is 9. The van der Waals surface area contributed by atoms with Crippen LogP contribution in [0.25, 0.3) is 0 Å². The highest BCUT2D eigenvalue weighted by Crippen LogP contribution is 2.28. The third-order valence-corrected chi connectivity index (χ3v) is 6.22. The van der Waals surface area contributed by atoms with Crippen LogP contribution in [-0.2, 0) is 4.74 Å². The molecule has 0 spiro atoms. The van der Waals surface area contributed by atoms with Crippen LogP contribution in [0.15, 0.2) is 24.3 Å². The van der Waals surface area contributed by atoms with E-state index in [4.69, 9.17) is 9.47 Å². The summed E-state index contributed by atoms with van der Waals surface area (Å²) in [6.45, 7) is 7.99. The van der Waals surface area contributed by atoms with Crippen molar-refractivity contribution >= 4 is 5.69 Å². The summed E-state index contributed by atoms with van der Waals surface area (Å²) in [4.78, 5) is 4.70. The third kappa shape index (κ3) is 10.7. The third-order valence-electron chi connectivity index (χ3n) is 6.22. The predicted octanol–water partition coefficient (Wildman–Crippen LogP) is 5.12. The van der Waals surface area contributed by atoms with Crippen molar-refractivity contribution in [2.24, 2.45) is 0 Å². The fraction of sp³-hybridized carbons (Fsp3) is 0.769. The maximum Gasteiger partial charge on any atom is 0.142 e. The monoisotopic (exact) mass is 434 g/mol. The van der Waals surface area contributed by atoms with Crippen LogP contribution in [0.2, 0.25) is 0 Å². The van der Waals surface area contributed by atoms with Crippen LogP contribution in [0.1, 0.15) is 71.1 Å². The van der Waals surface area contributed by atoms with E-state index in [-0.39, 0.29) is 0 Å². The number of hydrogen-bond donors (Lipinski definition) is 1. The molecule has 1 aromatic rings. The highest BCUT2D eigenvalue weighted by molar-refractivity contribution is 5.58. The SMILES string of the molecule is CCCCCCCCCCCCOCC(O)CN1CCN(c2ccccc2OC)CC1. The van der Waals surface area contributed by atoms with E-state index in [2.05, 4.69) is 28.9 Å². The molecular weight excluding hydrogens is 388 g/mol. The molecule has 0 radical (unpaired) electrons. The molecule has 31 heavy (non-hydrogen) atoms. The number of anilines is 1. The van der Waals surface area contributed by atoms with Gasteiger partial charge in [0.1, 0.15) is 5.75 Å². The summed E-state index contributed by atoms with van der Waals surface area (Å²) >= 11 is 0. The van der Waals surface area contributed by atoms with Gasteiger partial charge in [0, 0.05) is 39.3 Å². The largest absolute Gasteiger partial charge is 0.495 e. The first-order chi connectivity index (χ1) is 15.2. The second kappa shape index (κ2) is 16.3. The maximum atomic E-state index is 10.3. The molecule has 1 heterocycles. The molecule has 178 valence electrons.